The summed E-state index contributed by atoms with van der Waals surface area (Å²) in [5.74, 6) is 0.0379. The van der Waals surface area contributed by atoms with Crippen molar-refractivity contribution in [2.45, 2.75) is 18.9 Å². The van der Waals surface area contributed by atoms with Crippen molar-refractivity contribution < 1.29 is 9.90 Å². The number of rotatable bonds is 1. The number of nitrogens with one attached hydrogen (secondary N) is 1. The fourth-order valence-corrected chi connectivity index (χ4v) is 4.29. The molecule has 1 aliphatic rings. The van der Waals surface area contributed by atoms with E-state index in [1.807, 2.05) is 0 Å². The third-order valence-corrected chi connectivity index (χ3v) is 5.56. The van der Waals surface area contributed by atoms with Crippen molar-refractivity contribution in [3.05, 3.63) is 39.5 Å². The van der Waals surface area contributed by atoms with Gasteiger partial charge in [0.05, 0.1) is 4.88 Å². The van der Waals surface area contributed by atoms with Crippen LogP contribution in [0.25, 0.3) is 21.0 Å². The van der Waals surface area contributed by atoms with Crippen LogP contribution in [-0.4, -0.2) is 40.0 Å². The van der Waals surface area contributed by atoms with Gasteiger partial charge in [-0.3, -0.25) is 9.59 Å². The van der Waals surface area contributed by atoms with Gasteiger partial charge in [0.1, 0.15) is 10.4 Å². The van der Waals surface area contributed by atoms with Crippen molar-refractivity contribution in [3.63, 3.8) is 0 Å². The van der Waals surface area contributed by atoms with Crippen LogP contribution in [0.15, 0.2) is 29.1 Å². The van der Waals surface area contributed by atoms with Crippen LogP contribution in [0.5, 0.6) is 5.75 Å². The van der Waals surface area contributed by atoms with E-state index in [2.05, 4.69) is 4.98 Å². The van der Waals surface area contributed by atoms with Gasteiger partial charge < -0.3 is 20.7 Å². The Labute approximate surface area is 141 Å². The molecule has 1 aliphatic heterocycles. The number of amides is 1. The number of benzene rings is 1. The number of nitrogens with two attached hydrogens (primary N) is 1. The fraction of sp³-hybridized carbons (Fsp3) is 0.294. The lowest BCUT2D eigenvalue weighted by molar-refractivity contribution is 0.0714. The zero-order chi connectivity index (χ0) is 16.8. The van der Waals surface area contributed by atoms with Crippen LogP contribution in [0.1, 0.15) is 22.5 Å². The molecule has 1 fully saturated rings. The van der Waals surface area contributed by atoms with Crippen molar-refractivity contribution in [3.8, 4) is 5.75 Å². The summed E-state index contributed by atoms with van der Waals surface area (Å²) in [5.41, 5.74) is 6.38. The van der Waals surface area contributed by atoms with Gasteiger partial charge in [0.25, 0.3) is 11.5 Å². The Balaban J connectivity index is 1.84. The first kappa shape index (κ1) is 15.2. The van der Waals surface area contributed by atoms with Gasteiger partial charge in [-0.1, -0.05) is 0 Å². The molecule has 7 heteroatoms. The molecule has 0 bridgehead atoms. The molecule has 1 saturated heterocycles. The predicted octanol–water partition coefficient (Wildman–Crippen LogP) is 2.01. The third-order valence-electron chi connectivity index (χ3n) is 4.44. The second-order valence-electron chi connectivity index (χ2n) is 6.19. The standard InChI is InChI=1S/C17H17N3O3S/c18-9-2-1-5-20(8-9)17(23)14-7-12-11-6-10(21)3-4-13(11)19-16(22)15(12)24-14/h3-4,6-7,9,21H,1-2,5,8,18H2,(H,19,22). The summed E-state index contributed by atoms with van der Waals surface area (Å²) >= 11 is 1.19. The first-order valence-electron chi connectivity index (χ1n) is 7.86. The fourth-order valence-electron chi connectivity index (χ4n) is 3.26. The number of phenols is 1. The number of carbonyl (C=O) groups excluding carboxylic acids is 1. The zero-order valence-electron chi connectivity index (χ0n) is 12.9. The molecular weight excluding hydrogens is 326 g/mol. The van der Waals surface area contributed by atoms with E-state index < -0.39 is 0 Å². The van der Waals surface area contributed by atoms with Crippen LogP contribution in [0.4, 0.5) is 0 Å². The number of aromatic amines is 1. The molecule has 0 spiro atoms. The number of likely N-dealkylation sites (tertiary alicyclic amines) is 1. The Kier molecular flexibility index (Phi) is 3.54. The molecule has 24 heavy (non-hydrogen) atoms. The predicted molar refractivity (Wildman–Crippen MR) is 94.7 cm³/mol. The summed E-state index contributed by atoms with van der Waals surface area (Å²) in [6.07, 6.45) is 1.83. The van der Waals surface area contributed by atoms with Crippen molar-refractivity contribution >= 4 is 38.2 Å². The number of fused-ring (bicyclic) bond motifs is 3. The topological polar surface area (TPSA) is 99.4 Å². The SMILES string of the molecule is NC1CCCN(C(=O)c2cc3c(s2)c(=O)[nH]c2ccc(O)cc23)C1. The van der Waals surface area contributed by atoms with E-state index in [1.165, 1.54) is 17.4 Å². The molecule has 6 nitrogen and oxygen atoms in total. The summed E-state index contributed by atoms with van der Waals surface area (Å²) in [4.78, 5) is 30.1. The van der Waals surface area contributed by atoms with E-state index in [-0.39, 0.29) is 23.3 Å². The third kappa shape index (κ3) is 2.46. The summed E-state index contributed by atoms with van der Waals surface area (Å²) < 4.78 is 0.498. The lowest BCUT2D eigenvalue weighted by atomic mass is 10.1. The Hall–Kier alpha value is -2.38. The number of hydrogen-bond donors (Lipinski definition) is 3. The maximum absolute atomic E-state index is 12.7. The molecule has 2 aromatic heterocycles. The summed E-state index contributed by atoms with van der Waals surface area (Å²) in [6, 6.07) is 6.55. The number of aromatic hydroxyl groups is 1. The lowest BCUT2D eigenvalue weighted by Crippen LogP contribution is -2.45. The van der Waals surface area contributed by atoms with Gasteiger partial charge in [0.15, 0.2) is 0 Å². The minimum absolute atomic E-state index is 0.0123. The molecule has 0 aliphatic carbocycles. The Morgan fingerprint density at radius 3 is 2.96 bits per heavy atom. The average molecular weight is 343 g/mol. The Morgan fingerprint density at radius 2 is 2.17 bits per heavy atom. The van der Waals surface area contributed by atoms with E-state index >= 15 is 0 Å². The van der Waals surface area contributed by atoms with Gasteiger partial charge in [0.2, 0.25) is 0 Å². The van der Waals surface area contributed by atoms with E-state index in [0.717, 1.165) is 18.2 Å². The number of pyridine rings is 1. The quantitative estimate of drug-likeness (QED) is 0.629. The van der Waals surface area contributed by atoms with E-state index in [9.17, 15) is 14.7 Å². The van der Waals surface area contributed by atoms with E-state index in [4.69, 9.17) is 5.73 Å². The highest BCUT2D eigenvalue weighted by molar-refractivity contribution is 7.20. The Bertz CT molecular complexity index is 1010. The number of thiophene rings is 1. The number of H-pyrrole nitrogens is 1. The molecule has 1 unspecified atom stereocenters. The van der Waals surface area contributed by atoms with Crippen LogP contribution in [-0.2, 0) is 0 Å². The molecule has 1 atom stereocenters. The number of carbonyl (C=O) groups is 1. The Morgan fingerprint density at radius 1 is 1.33 bits per heavy atom. The van der Waals surface area contributed by atoms with Crippen LogP contribution < -0.4 is 11.3 Å². The molecule has 0 saturated carbocycles. The maximum atomic E-state index is 12.7. The van der Waals surface area contributed by atoms with E-state index in [0.29, 0.717) is 33.6 Å². The number of aromatic nitrogens is 1. The molecule has 1 amide bonds. The van der Waals surface area contributed by atoms with Crippen molar-refractivity contribution in [1.29, 1.82) is 0 Å². The minimum Gasteiger partial charge on any atom is -0.508 e. The second-order valence-corrected chi connectivity index (χ2v) is 7.24. The van der Waals surface area contributed by atoms with Crippen molar-refractivity contribution in [2.24, 2.45) is 5.73 Å². The molecule has 1 aromatic carbocycles. The number of phenolic OH excluding ortho intramolecular Hbond substituents is 1. The van der Waals surface area contributed by atoms with Gasteiger partial charge >= 0.3 is 0 Å². The molecule has 0 radical (unpaired) electrons. The smallest absolute Gasteiger partial charge is 0.266 e. The minimum atomic E-state index is -0.220. The number of hydrogen-bond acceptors (Lipinski definition) is 5. The zero-order valence-corrected chi connectivity index (χ0v) is 13.7. The first-order chi connectivity index (χ1) is 11.5. The van der Waals surface area contributed by atoms with Gasteiger partial charge in [-0.15, -0.1) is 11.3 Å². The number of nitrogens with zero attached hydrogens (tertiary/aromatic N) is 1. The van der Waals surface area contributed by atoms with Crippen LogP contribution in [0.2, 0.25) is 0 Å². The summed E-state index contributed by atoms with van der Waals surface area (Å²) in [7, 11) is 0. The van der Waals surface area contributed by atoms with Crippen LogP contribution in [0.3, 0.4) is 0 Å². The van der Waals surface area contributed by atoms with Gasteiger partial charge in [0, 0.05) is 35.4 Å². The van der Waals surface area contributed by atoms with Crippen LogP contribution in [0, 0.1) is 0 Å². The second kappa shape index (κ2) is 5.61. The number of piperidine rings is 1. The van der Waals surface area contributed by atoms with Gasteiger partial charge in [-0.25, -0.2) is 0 Å². The van der Waals surface area contributed by atoms with Gasteiger partial charge in [-0.05, 0) is 37.1 Å². The molecule has 4 rings (SSSR count). The highest BCUT2D eigenvalue weighted by Gasteiger charge is 2.24. The van der Waals surface area contributed by atoms with Crippen molar-refractivity contribution in [2.75, 3.05) is 13.1 Å². The van der Waals surface area contributed by atoms with Crippen molar-refractivity contribution in [1.82, 2.24) is 9.88 Å². The average Bonchev–Trinajstić information content (AvgIpc) is 3.01. The summed E-state index contributed by atoms with van der Waals surface area (Å²) in [6.45, 7) is 1.24. The molecule has 124 valence electrons. The molecular formula is C17H17N3O3S. The largest absolute Gasteiger partial charge is 0.508 e. The monoisotopic (exact) mass is 343 g/mol. The first-order valence-corrected chi connectivity index (χ1v) is 8.68. The molecule has 3 heterocycles. The lowest BCUT2D eigenvalue weighted by Gasteiger charge is -2.30. The molecule has 3 aromatic rings. The van der Waals surface area contributed by atoms with Crippen LogP contribution >= 0.6 is 11.3 Å². The highest BCUT2D eigenvalue weighted by Crippen LogP contribution is 2.31. The summed E-state index contributed by atoms with van der Waals surface area (Å²) in [5, 5.41) is 11.2. The normalized spacial score (nSPS) is 18.4. The highest BCUT2D eigenvalue weighted by atomic mass is 32.1. The van der Waals surface area contributed by atoms with E-state index in [1.54, 1.807) is 23.1 Å². The maximum Gasteiger partial charge on any atom is 0.266 e. The van der Waals surface area contributed by atoms with Gasteiger partial charge in [-0.2, -0.15) is 0 Å². The molecule has 4 N–H and O–H groups in total.